The highest BCUT2D eigenvalue weighted by Gasteiger charge is 2.31. The molecule has 0 aliphatic carbocycles. The molecule has 22 heavy (non-hydrogen) atoms. The summed E-state index contributed by atoms with van der Waals surface area (Å²) >= 11 is 0. The van der Waals surface area contributed by atoms with E-state index in [0.29, 0.717) is 17.3 Å². The molecule has 2 aliphatic heterocycles. The molecule has 2 saturated heterocycles. The Kier molecular flexibility index (Phi) is 5.87. The van der Waals surface area contributed by atoms with Crippen LogP contribution in [-0.2, 0) is 0 Å². The maximum Gasteiger partial charge on any atom is 0.291 e. The molecule has 1 amide bonds. The molecule has 0 radical (unpaired) electrons. The van der Waals surface area contributed by atoms with Crippen molar-refractivity contribution < 1.29 is 9.21 Å². The maximum atomic E-state index is 12.5. The number of amides is 1. The van der Waals surface area contributed by atoms with Gasteiger partial charge in [0.15, 0.2) is 5.89 Å². The molecule has 3 rings (SSSR count). The molecule has 1 N–H and O–H groups in total. The molecule has 0 saturated carbocycles. The van der Waals surface area contributed by atoms with Crippen LogP contribution in [0.3, 0.4) is 0 Å². The molecule has 2 aliphatic rings. The number of nitrogens with zero attached hydrogens (tertiary/aromatic N) is 2. The van der Waals surface area contributed by atoms with Gasteiger partial charge in [0.1, 0.15) is 0 Å². The third kappa shape index (κ3) is 3.63. The second-order valence-corrected chi connectivity index (χ2v) is 6.36. The number of aryl methyl sites for hydroxylation is 2. The monoisotopic (exact) mass is 327 g/mol. The lowest BCUT2D eigenvalue weighted by Crippen LogP contribution is -2.42. The summed E-state index contributed by atoms with van der Waals surface area (Å²) in [5.74, 6) is 2.64. The molecule has 0 aromatic carbocycles. The Morgan fingerprint density at radius 2 is 1.73 bits per heavy atom. The smallest absolute Gasteiger partial charge is 0.291 e. The van der Waals surface area contributed by atoms with Crippen molar-refractivity contribution in [3.63, 3.8) is 0 Å². The highest BCUT2D eigenvalue weighted by atomic mass is 35.5. The van der Waals surface area contributed by atoms with E-state index in [4.69, 9.17) is 4.42 Å². The summed E-state index contributed by atoms with van der Waals surface area (Å²) in [6, 6.07) is 0. The number of aromatic nitrogens is 1. The van der Waals surface area contributed by atoms with Crippen LogP contribution in [-0.4, -0.2) is 42.0 Å². The Balaban J connectivity index is 0.00000176. The van der Waals surface area contributed by atoms with Crippen molar-refractivity contribution >= 4 is 18.3 Å². The average molecular weight is 328 g/mol. The van der Waals surface area contributed by atoms with E-state index in [1.807, 2.05) is 11.8 Å². The first-order valence-electron chi connectivity index (χ1n) is 8.09. The lowest BCUT2D eigenvalue weighted by Gasteiger charge is -2.37. The summed E-state index contributed by atoms with van der Waals surface area (Å²) in [5.41, 5.74) is 0.706. The zero-order valence-electron chi connectivity index (χ0n) is 13.4. The summed E-state index contributed by atoms with van der Waals surface area (Å²) in [6.45, 7) is 7.64. The minimum atomic E-state index is 0. The zero-order chi connectivity index (χ0) is 14.8. The van der Waals surface area contributed by atoms with E-state index < -0.39 is 0 Å². The van der Waals surface area contributed by atoms with Gasteiger partial charge in [-0.1, -0.05) is 0 Å². The van der Waals surface area contributed by atoms with Crippen LogP contribution in [0.4, 0.5) is 0 Å². The maximum absolute atomic E-state index is 12.5. The normalized spacial score (nSPS) is 20.7. The van der Waals surface area contributed by atoms with E-state index in [0.717, 1.165) is 50.9 Å². The van der Waals surface area contributed by atoms with Crippen molar-refractivity contribution in [3.8, 4) is 0 Å². The SMILES string of the molecule is Cc1nc(C)c(C(=O)N2CCC(C3CCNCC3)CC2)o1.Cl. The topological polar surface area (TPSA) is 58.4 Å². The van der Waals surface area contributed by atoms with E-state index in [1.165, 1.54) is 12.8 Å². The molecule has 0 bridgehead atoms. The number of hydrogen-bond acceptors (Lipinski definition) is 4. The highest BCUT2D eigenvalue weighted by molar-refractivity contribution is 5.92. The Morgan fingerprint density at radius 1 is 1.14 bits per heavy atom. The second kappa shape index (κ2) is 7.47. The number of hydrogen-bond donors (Lipinski definition) is 1. The molecule has 2 fully saturated rings. The first-order chi connectivity index (χ1) is 10.1. The molecule has 124 valence electrons. The first kappa shape index (κ1) is 17.3. The van der Waals surface area contributed by atoms with E-state index in [-0.39, 0.29) is 18.3 Å². The summed E-state index contributed by atoms with van der Waals surface area (Å²) in [4.78, 5) is 18.6. The quantitative estimate of drug-likeness (QED) is 0.907. The number of nitrogens with one attached hydrogen (secondary N) is 1. The van der Waals surface area contributed by atoms with Gasteiger partial charge in [0, 0.05) is 20.0 Å². The molecular weight excluding hydrogens is 302 g/mol. The number of rotatable bonds is 2. The van der Waals surface area contributed by atoms with Crippen molar-refractivity contribution in [1.29, 1.82) is 0 Å². The molecule has 1 aromatic rings. The van der Waals surface area contributed by atoms with Crippen LogP contribution >= 0.6 is 12.4 Å². The van der Waals surface area contributed by atoms with E-state index in [9.17, 15) is 4.79 Å². The van der Waals surface area contributed by atoms with Crippen LogP contribution in [0.15, 0.2) is 4.42 Å². The Labute approximate surface area is 138 Å². The number of carbonyl (C=O) groups excluding carboxylic acids is 1. The number of likely N-dealkylation sites (tertiary alicyclic amines) is 1. The van der Waals surface area contributed by atoms with Gasteiger partial charge < -0.3 is 14.6 Å². The standard InChI is InChI=1S/C16H25N3O2.ClH/c1-11-15(21-12(2)18-11)16(20)19-9-5-14(6-10-19)13-3-7-17-8-4-13;/h13-14,17H,3-10H2,1-2H3;1H. The molecule has 1 aromatic heterocycles. The Bertz CT molecular complexity index is 503. The van der Waals surface area contributed by atoms with Crippen LogP contribution in [0.2, 0.25) is 0 Å². The predicted molar refractivity (Wildman–Crippen MR) is 87.4 cm³/mol. The van der Waals surface area contributed by atoms with Crippen molar-refractivity contribution in [2.24, 2.45) is 11.8 Å². The van der Waals surface area contributed by atoms with Gasteiger partial charge in [-0.15, -0.1) is 12.4 Å². The van der Waals surface area contributed by atoms with E-state index in [2.05, 4.69) is 10.3 Å². The summed E-state index contributed by atoms with van der Waals surface area (Å²) in [6.07, 6.45) is 4.84. The fourth-order valence-corrected chi connectivity index (χ4v) is 3.76. The summed E-state index contributed by atoms with van der Waals surface area (Å²) in [7, 11) is 0. The van der Waals surface area contributed by atoms with Gasteiger partial charge in [-0.25, -0.2) is 4.98 Å². The molecule has 5 nitrogen and oxygen atoms in total. The van der Waals surface area contributed by atoms with Gasteiger partial charge in [0.05, 0.1) is 5.69 Å². The third-order valence-electron chi connectivity index (χ3n) is 4.98. The number of carbonyl (C=O) groups is 1. The van der Waals surface area contributed by atoms with Crippen LogP contribution < -0.4 is 5.32 Å². The Morgan fingerprint density at radius 3 is 2.27 bits per heavy atom. The summed E-state index contributed by atoms with van der Waals surface area (Å²) < 4.78 is 5.46. The molecule has 0 atom stereocenters. The number of halogens is 1. The summed E-state index contributed by atoms with van der Waals surface area (Å²) in [5, 5.41) is 3.43. The van der Waals surface area contributed by atoms with Crippen molar-refractivity contribution in [2.45, 2.75) is 39.5 Å². The fraction of sp³-hybridized carbons (Fsp3) is 0.750. The van der Waals surface area contributed by atoms with Crippen LogP contribution in [0.25, 0.3) is 0 Å². The van der Waals surface area contributed by atoms with Gasteiger partial charge >= 0.3 is 0 Å². The van der Waals surface area contributed by atoms with Gasteiger partial charge in [0.2, 0.25) is 5.76 Å². The lowest BCUT2D eigenvalue weighted by molar-refractivity contribution is 0.0609. The largest absolute Gasteiger partial charge is 0.436 e. The van der Waals surface area contributed by atoms with Crippen molar-refractivity contribution in [1.82, 2.24) is 15.2 Å². The minimum absolute atomic E-state index is 0. The zero-order valence-corrected chi connectivity index (χ0v) is 14.2. The number of oxazole rings is 1. The molecular formula is C16H26ClN3O2. The van der Waals surface area contributed by atoms with Crippen LogP contribution in [0, 0.1) is 25.7 Å². The lowest BCUT2D eigenvalue weighted by atomic mass is 9.79. The fourth-order valence-electron chi connectivity index (χ4n) is 3.76. The van der Waals surface area contributed by atoms with Gasteiger partial charge in [-0.3, -0.25) is 4.79 Å². The highest BCUT2D eigenvalue weighted by Crippen LogP contribution is 2.31. The average Bonchev–Trinajstić information content (AvgIpc) is 2.86. The molecule has 6 heteroatoms. The molecule has 0 spiro atoms. The molecule has 3 heterocycles. The van der Waals surface area contributed by atoms with Crippen molar-refractivity contribution in [3.05, 3.63) is 17.3 Å². The van der Waals surface area contributed by atoms with E-state index >= 15 is 0 Å². The van der Waals surface area contributed by atoms with Crippen LogP contribution in [0.5, 0.6) is 0 Å². The van der Waals surface area contributed by atoms with Crippen LogP contribution in [0.1, 0.15) is 47.8 Å². The first-order valence-corrected chi connectivity index (χ1v) is 8.09. The van der Waals surface area contributed by atoms with Gasteiger partial charge in [-0.05, 0) is 57.5 Å². The molecule has 0 unspecified atom stereocenters. The van der Waals surface area contributed by atoms with Crippen molar-refractivity contribution in [2.75, 3.05) is 26.2 Å². The van der Waals surface area contributed by atoms with E-state index in [1.54, 1.807) is 6.92 Å². The Hall–Kier alpha value is -1.07. The van der Waals surface area contributed by atoms with Gasteiger partial charge in [-0.2, -0.15) is 0 Å². The number of piperidine rings is 2. The second-order valence-electron chi connectivity index (χ2n) is 6.36. The van der Waals surface area contributed by atoms with Gasteiger partial charge in [0.25, 0.3) is 5.91 Å². The predicted octanol–water partition coefficient (Wildman–Crippen LogP) is 2.57. The minimum Gasteiger partial charge on any atom is -0.436 e. The third-order valence-corrected chi connectivity index (χ3v) is 4.98.